The van der Waals surface area contributed by atoms with Crippen molar-refractivity contribution in [3.63, 3.8) is 0 Å². The van der Waals surface area contributed by atoms with Crippen molar-refractivity contribution in [3.8, 4) is 11.5 Å². The van der Waals surface area contributed by atoms with Gasteiger partial charge in [-0.1, -0.05) is 20.8 Å². The molecule has 0 bridgehead atoms. The Morgan fingerprint density at radius 3 is 2.32 bits per heavy atom. The molecule has 1 atom stereocenters. The van der Waals surface area contributed by atoms with Gasteiger partial charge in [-0.05, 0) is 46.0 Å². The van der Waals surface area contributed by atoms with E-state index in [-0.39, 0.29) is 5.41 Å². The van der Waals surface area contributed by atoms with Crippen LogP contribution in [0.3, 0.4) is 0 Å². The number of methoxy groups -OCH3 is 2. The van der Waals surface area contributed by atoms with Crippen molar-refractivity contribution >= 4 is 15.9 Å². The molecule has 0 amide bonds. The van der Waals surface area contributed by atoms with Crippen LogP contribution in [0.15, 0.2) is 16.6 Å². The molecule has 0 aliphatic rings. The lowest BCUT2D eigenvalue weighted by atomic mass is 9.88. The molecule has 3 nitrogen and oxygen atoms in total. The van der Waals surface area contributed by atoms with Crippen molar-refractivity contribution in [2.75, 3.05) is 14.2 Å². The zero-order valence-electron chi connectivity index (χ0n) is 12.6. The summed E-state index contributed by atoms with van der Waals surface area (Å²) in [4.78, 5) is 0. The smallest absolute Gasteiger partial charge is 0.174 e. The molecule has 1 N–H and O–H groups in total. The lowest BCUT2D eigenvalue weighted by Crippen LogP contribution is -2.37. The average Bonchev–Trinajstić information content (AvgIpc) is 2.33. The van der Waals surface area contributed by atoms with Gasteiger partial charge in [-0.3, -0.25) is 0 Å². The Hall–Kier alpha value is -0.740. The van der Waals surface area contributed by atoms with Gasteiger partial charge in [0.25, 0.3) is 0 Å². The van der Waals surface area contributed by atoms with E-state index in [0.29, 0.717) is 6.04 Å². The predicted octanol–water partition coefficient (Wildman–Crippen LogP) is 3.99. The van der Waals surface area contributed by atoms with Crippen molar-refractivity contribution in [3.05, 3.63) is 22.2 Å². The number of ether oxygens (including phenoxy) is 2. The Morgan fingerprint density at radius 1 is 1.21 bits per heavy atom. The van der Waals surface area contributed by atoms with Gasteiger partial charge in [0.1, 0.15) is 0 Å². The number of halogens is 1. The van der Waals surface area contributed by atoms with Gasteiger partial charge in [0, 0.05) is 12.6 Å². The standard InChI is InChI=1S/C15H24BrNO2/c1-10(15(2,3)4)17-9-11-7-12(16)14(19-6)13(8-11)18-5/h7-8,10,17H,9H2,1-6H3. The first-order valence-corrected chi connectivity index (χ1v) is 7.22. The molecule has 0 saturated heterocycles. The number of benzene rings is 1. The molecular formula is C15H24BrNO2. The van der Waals surface area contributed by atoms with Crippen molar-refractivity contribution < 1.29 is 9.47 Å². The summed E-state index contributed by atoms with van der Waals surface area (Å²) in [5, 5.41) is 3.54. The van der Waals surface area contributed by atoms with Crippen molar-refractivity contribution in [1.82, 2.24) is 5.32 Å². The van der Waals surface area contributed by atoms with Crippen LogP contribution >= 0.6 is 15.9 Å². The fourth-order valence-corrected chi connectivity index (χ4v) is 2.30. The van der Waals surface area contributed by atoms with E-state index < -0.39 is 0 Å². The quantitative estimate of drug-likeness (QED) is 0.885. The fraction of sp³-hybridized carbons (Fsp3) is 0.600. The van der Waals surface area contributed by atoms with Gasteiger partial charge in [-0.15, -0.1) is 0 Å². The summed E-state index contributed by atoms with van der Waals surface area (Å²) in [7, 11) is 3.29. The molecule has 1 rings (SSSR count). The zero-order chi connectivity index (χ0) is 14.6. The molecule has 1 aromatic rings. The third-order valence-electron chi connectivity index (χ3n) is 3.40. The van der Waals surface area contributed by atoms with Crippen LogP contribution in [-0.2, 0) is 6.54 Å². The summed E-state index contributed by atoms with van der Waals surface area (Å²) in [6, 6.07) is 4.50. The Labute approximate surface area is 124 Å². The molecule has 1 aromatic carbocycles. The monoisotopic (exact) mass is 329 g/mol. The molecule has 0 aliphatic heterocycles. The normalized spacial score (nSPS) is 13.2. The van der Waals surface area contributed by atoms with Crippen LogP contribution in [0, 0.1) is 5.41 Å². The molecule has 0 heterocycles. The van der Waals surface area contributed by atoms with Crippen LogP contribution in [0.25, 0.3) is 0 Å². The minimum Gasteiger partial charge on any atom is -0.493 e. The lowest BCUT2D eigenvalue weighted by Gasteiger charge is -2.28. The summed E-state index contributed by atoms with van der Waals surface area (Å²) in [5.41, 5.74) is 1.41. The molecular weight excluding hydrogens is 306 g/mol. The van der Waals surface area contributed by atoms with Gasteiger partial charge in [0.2, 0.25) is 0 Å². The molecule has 19 heavy (non-hydrogen) atoms. The van der Waals surface area contributed by atoms with E-state index in [1.165, 1.54) is 5.56 Å². The number of hydrogen-bond donors (Lipinski definition) is 1. The van der Waals surface area contributed by atoms with Crippen LogP contribution in [0.1, 0.15) is 33.3 Å². The molecule has 0 aromatic heterocycles. The van der Waals surface area contributed by atoms with E-state index in [9.17, 15) is 0 Å². The highest BCUT2D eigenvalue weighted by molar-refractivity contribution is 9.10. The Kier molecular flexibility index (Phi) is 5.68. The summed E-state index contributed by atoms with van der Waals surface area (Å²) in [5.74, 6) is 1.48. The maximum Gasteiger partial charge on any atom is 0.174 e. The summed E-state index contributed by atoms with van der Waals surface area (Å²) >= 11 is 3.51. The number of nitrogens with one attached hydrogen (secondary N) is 1. The minimum atomic E-state index is 0.244. The van der Waals surface area contributed by atoms with Crippen LogP contribution in [0.2, 0.25) is 0 Å². The van der Waals surface area contributed by atoms with Gasteiger partial charge in [-0.2, -0.15) is 0 Å². The Morgan fingerprint density at radius 2 is 1.84 bits per heavy atom. The number of rotatable bonds is 5. The van der Waals surface area contributed by atoms with Crippen LogP contribution in [0.4, 0.5) is 0 Å². The first-order valence-electron chi connectivity index (χ1n) is 6.43. The largest absolute Gasteiger partial charge is 0.493 e. The van der Waals surface area contributed by atoms with Crippen LogP contribution < -0.4 is 14.8 Å². The Balaban J connectivity index is 2.83. The van der Waals surface area contributed by atoms with Crippen LogP contribution in [-0.4, -0.2) is 20.3 Å². The highest BCUT2D eigenvalue weighted by atomic mass is 79.9. The second-order valence-electron chi connectivity index (χ2n) is 5.78. The van der Waals surface area contributed by atoms with Crippen LogP contribution in [0.5, 0.6) is 11.5 Å². The first kappa shape index (κ1) is 16.3. The molecule has 0 spiro atoms. The summed E-state index contributed by atoms with van der Waals surface area (Å²) < 4.78 is 11.6. The van der Waals surface area contributed by atoms with E-state index in [1.54, 1.807) is 14.2 Å². The molecule has 1 unspecified atom stereocenters. The van der Waals surface area contributed by atoms with E-state index in [0.717, 1.165) is 22.5 Å². The van der Waals surface area contributed by atoms with E-state index in [4.69, 9.17) is 9.47 Å². The van der Waals surface area contributed by atoms with Gasteiger partial charge >= 0.3 is 0 Å². The van der Waals surface area contributed by atoms with Gasteiger partial charge < -0.3 is 14.8 Å². The maximum atomic E-state index is 5.35. The molecule has 0 aliphatic carbocycles. The average molecular weight is 330 g/mol. The van der Waals surface area contributed by atoms with Crippen molar-refractivity contribution in [1.29, 1.82) is 0 Å². The lowest BCUT2D eigenvalue weighted by molar-refractivity contribution is 0.285. The van der Waals surface area contributed by atoms with E-state index in [1.807, 2.05) is 6.07 Å². The van der Waals surface area contributed by atoms with E-state index >= 15 is 0 Å². The molecule has 0 fully saturated rings. The fourth-order valence-electron chi connectivity index (χ4n) is 1.65. The van der Waals surface area contributed by atoms with Crippen molar-refractivity contribution in [2.24, 2.45) is 5.41 Å². The third-order valence-corrected chi connectivity index (χ3v) is 3.99. The third kappa shape index (κ3) is 4.39. The number of hydrogen-bond acceptors (Lipinski definition) is 3. The second kappa shape index (κ2) is 6.62. The SMILES string of the molecule is COc1cc(CNC(C)C(C)(C)C)cc(Br)c1OC. The highest BCUT2D eigenvalue weighted by Crippen LogP contribution is 2.36. The van der Waals surface area contributed by atoms with Gasteiger partial charge in [-0.25, -0.2) is 0 Å². The zero-order valence-corrected chi connectivity index (χ0v) is 14.2. The highest BCUT2D eigenvalue weighted by Gasteiger charge is 2.19. The Bertz CT molecular complexity index is 427. The second-order valence-corrected chi connectivity index (χ2v) is 6.64. The predicted molar refractivity (Wildman–Crippen MR) is 83.0 cm³/mol. The maximum absolute atomic E-state index is 5.35. The van der Waals surface area contributed by atoms with Gasteiger partial charge in [0.15, 0.2) is 11.5 Å². The first-order chi connectivity index (χ1) is 8.79. The molecule has 0 radical (unpaired) electrons. The van der Waals surface area contributed by atoms with Crippen molar-refractivity contribution in [2.45, 2.75) is 40.3 Å². The van der Waals surface area contributed by atoms with E-state index in [2.05, 4.69) is 55.0 Å². The minimum absolute atomic E-state index is 0.244. The molecule has 4 heteroatoms. The summed E-state index contributed by atoms with van der Waals surface area (Å²) in [6.07, 6.45) is 0. The summed E-state index contributed by atoms with van der Waals surface area (Å²) in [6.45, 7) is 9.70. The molecule has 0 saturated carbocycles. The molecule has 108 valence electrons. The van der Waals surface area contributed by atoms with Gasteiger partial charge in [0.05, 0.1) is 18.7 Å². The topological polar surface area (TPSA) is 30.5 Å².